The molecule has 17 heavy (non-hydrogen) atoms. The minimum Gasteiger partial charge on any atom is -0.392 e. The zero-order valence-electron chi connectivity index (χ0n) is 10.4. The Morgan fingerprint density at radius 1 is 1.35 bits per heavy atom. The first kappa shape index (κ1) is 13.7. The second-order valence-corrected chi connectivity index (χ2v) is 4.10. The maximum atomic E-state index is 11.7. The fourth-order valence-corrected chi connectivity index (χ4v) is 1.64. The van der Waals surface area contributed by atoms with Crippen molar-refractivity contribution in [3.05, 3.63) is 35.4 Å². The summed E-state index contributed by atoms with van der Waals surface area (Å²) >= 11 is 0. The number of benzene rings is 1. The van der Waals surface area contributed by atoms with Crippen LogP contribution in [-0.4, -0.2) is 24.6 Å². The Bertz CT molecular complexity index is 366. The van der Waals surface area contributed by atoms with Crippen molar-refractivity contribution in [2.24, 2.45) is 5.92 Å². The average Bonchev–Trinajstić information content (AvgIpc) is 2.36. The Hall–Kier alpha value is -1.39. The van der Waals surface area contributed by atoms with Gasteiger partial charge in [0.1, 0.15) is 0 Å². The summed E-state index contributed by atoms with van der Waals surface area (Å²) in [4.78, 5) is 11.7. The normalized spacial score (nSPS) is 12.2. The SMILES string of the molecule is CNCC(C)C(=O)NCc1ccccc1CO. The van der Waals surface area contributed by atoms with Crippen LogP contribution >= 0.6 is 0 Å². The van der Waals surface area contributed by atoms with E-state index in [0.717, 1.165) is 11.1 Å². The predicted molar refractivity (Wildman–Crippen MR) is 67.3 cm³/mol. The lowest BCUT2D eigenvalue weighted by atomic mass is 10.1. The average molecular weight is 236 g/mol. The van der Waals surface area contributed by atoms with Crippen LogP contribution in [0.1, 0.15) is 18.1 Å². The molecule has 0 saturated heterocycles. The predicted octanol–water partition coefficient (Wildman–Crippen LogP) is 0.651. The molecular formula is C13H20N2O2. The van der Waals surface area contributed by atoms with Gasteiger partial charge < -0.3 is 15.7 Å². The third-order valence-electron chi connectivity index (χ3n) is 2.70. The van der Waals surface area contributed by atoms with Gasteiger partial charge in [-0.15, -0.1) is 0 Å². The first-order valence-corrected chi connectivity index (χ1v) is 5.79. The number of hydrogen-bond acceptors (Lipinski definition) is 3. The first-order valence-electron chi connectivity index (χ1n) is 5.79. The molecule has 0 bridgehead atoms. The van der Waals surface area contributed by atoms with Crippen molar-refractivity contribution >= 4 is 5.91 Å². The molecule has 1 rings (SSSR count). The summed E-state index contributed by atoms with van der Waals surface area (Å²) in [6, 6.07) is 7.55. The van der Waals surface area contributed by atoms with Crippen LogP contribution in [0.5, 0.6) is 0 Å². The largest absolute Gasteiger partial charge is 0.392 e. The number of rotatable bonds is 6. The van der Waals surface area contributed by atoms with Gasteiger partial charge in [0.2, 0.25) is 5.91 Å². The summed E-state index contributed by atoms with van der Waals surface area (Å²) in [5.41, 5.74) is 1.81. The quantitative estimate of drug-likeness (QED) is 0.679. The number of amides is 1. The molecule has 94 valence electrons. The molecular weight excluding hydrogens is 216 g/mol. The number of carbonyl (C=O) groups is 1. The van der Waals surface area contributed by atoms with Crippen molar-refractivity contribution in [2.75, 3.05) is 13.6 Å². The summed E-state index contributed by atoms with van der Waals surface area (Å²) in [6.07, 6.45) is 0. The highest BCUT2D eigenvalue weighted by Gasteiger charge is 2.11. The van der Waals surface area contributed by atoms with Gasteiger partial charge in [-0.05, 0) is 18.2 Å². The van der Waals surface area contributed by atoms with E-state index in [4.69, 9.17) is 5.11 Å². The van der Waals surface area contributed by atoms with Gasteiger partial charge in [-0.1, -0.05) is 31.2 Å². The van der Waals surface area contributed by atoms with Crippen molar-refractivity contribution in [3.63, 3.8) is 0 Å². The van der Waals surface area contributed by atoms with Crippen LogP contribution in [0.4, 0.5) is 0 Å². The number of hydrogen-bond donors (Lipinski definition) is 3. The standard InChI is InChI=1S/C13H20N2O2/c1-10(7-14-2)13(17)15-8-11-5-3-4-6-12(11)9-16/h3-6,10,14,16H,7-9H2,1-2H3,(H,15,17). The molecule has 1 amide bonds. The van der Waals surface area contributed by atoms with Crippen LogP contribution < -0.4 is 10.6 Å². The van der Waals surface area contributed by atoms with Crippen molar-refractivity contribution < 1.29 is 9.90 Å². The van der Waals surface area contributed by atoms with Crippen LogP contribution in [0.2, 0.25) is 0 Å². The van der Waals surface area contributed by atoms with E-state index < -0.39 is 0 Å². The number of carbonyl (C=O) groups excluding carboxylic acids is 1. The Kier molecular flexibility index (Phi) is 5.66. The molecule has 4 heteroatoms. The Morgan fingerprint density at radius 3 is 2.59 bits per heavy atom. The van der Waals surface area contributed by atoms with Crippen molar-refractivity contribution in [2.45, 2.75) is 20.1 Å². The summed E-state index contributed by atoms with van der Waals surface area (Å²) in [7, 11) is 1.82. The Morgan fingerprint density at radius 2 is 2.00 bits per heavy atom. The summed E-state index contributed by atoms with van der Waals surface area (Å²) in [5, 5.41) is 15.0. The van der Waals surface area contributed by atoms with Gasteiger partial charge in [-0.25, -0.2) is 0 Å². The monoisotopic (exact) mass is 236 g/mol. The van der Waals surface area contributed by atoms with Crippen LogP contribution in [0, 0.1) is 5.92 Å². The van der Waals surface area contributed by atoms with E-state index in [9.17, 15) is 4.79 Å². The molecule has 0 aliphatic carbocycles. The fraction of sp³-hybridized carbons (Fsp3) is 0.462. The van der Waals surface area contributed by atoms with Gasteiger partial charge in [-0.3, -0.25) is 4.79 Å². The molecule has 4 nitrogen and oxygen atoms in total. The highest BCUT2D eigenvalue weighted by molar-refractivity contribution is 5.78. The second kappa shape index (κ2) is 7.04. The maximum Gasteiger partial charge on any atom is 0.224 e. The molecule has 0 aromatic heterocycles. The second-order valence-electron chi connectivity index (χ2n) is 4.10. The Labute approximate surface area is 102 Å². The summed E-state index contributed by atoms with van der Waals surface area (Å²) < 4.78 is 0. The highest BCUT2D eigenvalue weighted by atomic mass is 16.3. The molecule has 3 N–H and O–H groups in total. The third kappa shape index (κ3) is 4.17. The van der Waals surface area contributed by atoms with Gasteiger partial charge in [0.05, 0.1) is 6.61 Å². The van der Waals surface area contributed by atoms with Gasteiger partial charge >= 0.3 is 0 Å². The van der Waals surface area contributed by atoms with E-state index in [-0.39, 0.29) is 18.4 Å². The molecule has 0 heterocycles. The molecule has 1 aromatic carbocycles. The minimum absolute atomic E-state index is 0.00187. The van der Waals surface area contributed by atoms with E-state index in [0.29, 0.717) is 13.1 Å². The van der Waals surface area contributed by atoms with E-state index >= 15 is 0 Å². The van der Waals surface area contributed by atoms with Gasteiger partial charge in [0, 0.05) is 19.0 Å². The van der Waals surface area contributed by atoms with Gasteiger partial charge in [0.25, 0.3) is 0 Å². The molecule has 0 spiro atoms. The number of aliphatic hydroxyl groups excluding tert-OH is 1. The van der Waals surface area contributed by atoms with E-state index in [1.54, 1.807) is 0 Å². The highest BCUT2D eigenvalue weighted by Crippen LogP contribution is 2.08. The van der Waals surface area contributed by atoms with E-state index in [1.807, 2.05) is 38.2 Å². The molecule has 0 aliphatic heterocycles. The number of aliphatic hydroxyl groups is 1. The Balaban J connectivity index is 2.52. The smallest absolute Gasteiger partial charge is 0.224 e. The van der Waals surface area contributed by atoms with Gasteiger partial charge in [0.15, 0.2) is 0 Å². The number of nitrogens with one attached hydrogen (secondary N) is 2. The molecule has 0 aliphatic rings. The molecule has 1 aromatic rings. The van der Waals surface area contributed by atoms with Crippen molar-refractivity contribution in [1.29, 1.82) is 0 Å². The topological polar surface area (TPSA) is 61.4 Å². The minimum atomic E-state index is -0.0544. The lowest BCUT2D eigenvalue weighted by Gasteiger charge is -2.13. The van der Waals surface area contributed by atoms with E-state index in [1.165, 1.54) is 0 Å². The van der Waals surface area contributed by atoms with Crippen LogP contribution in [0.3, 0.4) is 0 Å². The van der Waals surface area contributed by atoms with Crippen molar-refractivity contribution in [3.8, 4) is 0 Å². The third-order valence-corrected chi connectivity index (χ3v) is 2.70. The molecule has 0 radical (unpaired) electrons. The van der Waals surface area contributed by atoms with Crippen molar-refractivity contribution in [1.82, 2.24) is 10.6 Å². The van der Waals surface area contributed by atoms with Gasteiger partial charge in [-0.2, -0.15) is 0 Å². The first-order chi connectivity index (χ1) is 8.19. The lowest BCUT2D eigenvalue weighted by Crippen LogP contribution is -2.34. The van der Waals surface area contributed by atoms with Crippen LogP contribution in [0.25, 0.3) is 0 Å². The molecule has 0 fully saturated rings. The molecule has 1 atom stereocenters. The maximum absolute atomic E-state index is 11.7. The summed E-state index contributed by atoms with van der Waals surface area (Å²) in [5.74, 6) is -0.0339. The molecule has 1 unspecified atom stereocenters. The summed E-state index contributed by atoms with van der Waals surface area (Å²) in [6.45, 7) is 3.00. The van der Waals surface area contributed by atoms with E-state index in [2.05, 4.69) is 10.6 Å². The lowest BCUT2D eigenvalue weighted by molar-refractivity contribution is -0.124. The van der Waals surface area contributed by atoms with Crippen LogP contribution in [-0.2, 0) is 17.9 Å². The fourth-order valence-electron chi connectivity index (χ4n) is 1.64. The molecule has 0 saturated carbocycles. The zero-order valence-corrected chi connectivity index (χ0v) is 10.4. The van der Waals surface area contributed by atoms with Crippen LogP contribution in [0.15, 0.2) is 24.3 Å². The zero-order chi connectivity index (χ0) is 12.7.